The molecule has 0 aliphatic carbocycles. The van der Waals surface area contributed by atoms with Crippen LogP contribution in [-0.4, -0.2) is 19.7 Å². The predicted octanol–water partition coefficient (Wildman–Crippen LogP) is 2.08. The largest absolute Gasteiger partial charge is 0.486 e. The zero-order chi connectivity index (χ0) is 12.2. The lowest BCUT2D eigenvalue weighted by molar-refractivity contribution is 0.100. The molecule has 2 aromatic carbocycles. The van der Waals surface area contributed by atoms with E-state index in [2.05, 4.69) is 37.3 Å². The van der Waals surface area contributed by atoms with Crippen LogP contribution in [0.4, 0.5) is 0 Å². The van der Waals surface area contributed by atoms with Crippen LogP contribution in [0.2, 0.25) is 0 Å². The van der Waals surface area contributed by atoms with Gasteiger partial charge in [-0.25, -0.2) is 0 Å². The van der Waals surface area contributed by atoms with Gasteiger partial charge in [0.1, 0.15) is 11.0 Å². The number of benzene rings is 2. The van der Waals surface area contributed by atoms with Crippen molar-refractivity contribution in [1.29, 1.82) is 0 Å². The van der Waals surface area contributed by atoms with Gasteiger partial charge in [-0.1, -0.05) is 47.7 Å². The lowest BCUT2D eigenvalue weighted by atomic mass is 10.3. The van der Waals surface area contributed by atoms with Gasteiger partial charge in [0.15, 0.2) is 20.3 Å². The normalized spacial score (nSPS) is 28.6. The summed E-state index contributed by atoms with van der Waals surface area (Å²) in [6, 6.07) is 18.6. The molecule has 2 atom stereocenters. The molecule has 0 amide bonds. The van der Waals surface area contributed by atoms with E-state index < -0.39 is 8.80 Å². The highest BCUT2D eigenvalue weighted by atomic mass is 28.3. The van der Waals surface area contributed by atoms with Gasteiger partial charge in [0.2, 0.25) is 0 Å². The maximum absolute atomic E-state index is 6.18. The molecular weight excluding hydrogens is 240 g/mol. The van der Waals surface area contributed by atoms with E-state index in [1.807, 2.05) is 24.3 Å². The van der Waals surface area contributed by atoms with Crippen molar-refractivity contribution in [3.63, 3.8) is 0 Å². The second-order valence-corrected chi connectivity index (χ2v) is 7.86. The molecule has 1 saturated heterocycles. The maximum Gasteiger partial charge on any atom is 0.198 e. The third-order valence-corrected chi connectivity index (χ3v) is 6.99. The van der Waals surface area contributed by atoms with Crippen LogP contribution >= 0.6 is 0 Å². The molecule has 0 aromatic heterocycles. The summed E-state index contributed by atoms with van der Waals surface area (Å²) in [6.45, 7) is 2.18. The molecule has 1 fully saturated rings. The van der Waals surface area contributed by atoms with E-state index in [1.54, 1.807) is 0 Å². The van der Waals surface area contributed by atoms with Gasteiger partial charge in [-0.3, -0.25) is 0 Å². The predicted molar refractivity (Wildman–Crippen MR) is 71.7 cm³/mol. The minimum atomic E-state index is -0.788. The van der Waals surface area contributed by atoms with Crippen molar-refractivity contribution >= 4 is 14.0 Å². The summed E-state index contributed by atoms with van der Waals surface area (Å²) in [5.74, 6) is 1.77. The third-order valence-electron chi connectivity index (χ3n) is 3.71. The molecule has 2 aliphatic rings. The highest BCUT2D eigenvalue weighted by Gasteiger charge is 2.71. The zero-order valence-electron chi connectivity index (χ0n) is 10.1. The second kappa shape index (κ2) is 3.39. The molecule has 89 valence electrons. The van der Waals surface area contributed by atoms with Gasteiger partial charge in [0.25, 0.3) is 0 Å². The molecule has 3 heteroatoms. The van der Waals surface area contributed by atoms with Crippen molar-refractivity contribution in [3.8, 4) is 11.5 Å². The molecule has 0 bridgehead atoms. The molecule has 2 aromatic rings. The fraction of sp³-hybridized carbons (Fsp3) is 0.200. The summed E-state index contributed by atoms with van der Waals surface area (Å²) < 4.78 is 12.3. The Morgan fingerprint density at radius 1 is 0.944 bits per heavy atom. The minimum absolute atomic E-state index is 0.111. The fourth-order valence-corrected chi connectivity index (χ4v) is 5.71. The zero-order valence-corrected chi connectivity index (χ0v) is 11.1. The summed E-state index contributed by atoms with van der Waals surface area (Å²) in [5.41, 5.74) is 0.236. The van der Waals surface area contributed by atoms with Gasteiger partial charge in [0.05, 0.1) is 0 Å². The average Bonchev–Trinajstić information content (AvgIpc) is 3.01. The summed E-state index contributed by atoms with van der Waals surface area (Å²) >= 11 is 0. The molecule has 2 nitrogen and oxygen atoms in total. The molecule has 4 rings (SSSR count). The third kappa shape index (κ3) is 1.28. The van der Waals surface area contributed by atoms with Gasteiger partial charge in [-0.2, -0.15) is 0 Å². The smallest absolute Gasteiger partial charge is 0.198 e. The summed E-state index contributed by atoms with van der Waals surface area (Å²) in [7, 11) is -0.788. The molecule has 0 spiro atoms. The van der Waals surface area contributed by atoms with E-state index in [0.29, 0.717) is 0 Å². The molecule has 0 saturated carbocycles. The molecule has 18 heavy (non-hydrogen) atoms. The molecule has 2 aliphatic heterocycles. The Bertz CT molecular complexity index is 598. The first-order valence-electron chi connectivity index (χ1n) is 6.16. The fourth-order valence-electron chi connectivity index (χ4n) is 2.71. The van der Waals surface area contributed by atoms with Gasteiger partial charge in [0, 0.05) is 0 Å². The van der Waals surface area contributed by atoms with Gasteiger partial charge >= 0.3 is 0 Å². The van der Waals surface area contributed by atoms with E-state index in [0.717, 1.165) is 11.5 Å². The monoisotopic (exact) mass is 253 g/mol. The standard InChI is InChI=1S/C15H13O2Si/c1-15-14(18(15)11-7-3-2-4-8-11)16-12-9-5-6-10-13(12)17-15/h2-10,14H,1H3. The SMILES string of the molecule is CC12Oc3ccccc3OC1[Si]2c1ccccc1. The Balaban J connectivity index is 1.71. The first kappa shape index (κ1) is 10.2. The van der Waals surface area contributed by atoms with Crippen LogP contribution in [0, 0.1) is 0 Å². The van der Waals surface area contributed by atoms with Crippen LogP contribution in [-0.2, 0) is 0 Å². The van der Waals surface area contributed by atoms with Crippen LogP contribution < -0.4 is 14.7 Å². The number of ether oxygens (including phenoxy) is 2. The maximum atomic E-state index is 6.18. The number of rotatable bonds is 1. The van der Waals surface area contributed by atoms with Crippen LogP contribution in [0.1, 0.15) is 6.92 Å². The van der Waals surface area contributed by atoms with Gasteiger partial charge in [-0.15, -0.1) is 0 Å². The summed E-state index contributed by atoms with van der Waals surface area (Å²) in [4.78, 5) is 0. The van der Waals surface area contributed by atoms with Gasteiger partial charge < -0.3 is 9.47 Å². The van der Waals surface area contributed by atoms with Crippen LogP contribution in [0.25, 0.3) is 0 Å². The van der Waals surface area contributed by atoms with E-state index in [1.165, 1.54) is 5.19 Å². The van der Waals surface area contributed by atoms with E-state index in [9.17, 15) is 0 Å². The number of para-hydroxylation sites is 2. The van der Waals surface area contributed by atoms with Crippen LogP contribution in [0.5, 0.6) is 11.5 Å². The Labute approximate surface area is 108 Å². The summed E-state index contributed by atoms with van der Waals surface area (Å²) in [6.07, 6.45) is 0. The van der Waals surface area contributed by atoms with E-state index >= 15 is 0 Å². The number of hydrogen-bond donors (Lipinski definition) is 0. The van der Waals surface area contributed by atoms with Crippen LogP contribution in [0.15, 0.2) is 54.6 Å². The van der Waals surface area contributed by atoms with Crippen molar-refractivity contribution in [1.82, 2.24) is 0 Å². The topological polar surface area (TPSA) is 18.5 Å². The van der Waals surface area contributed by atoms with E-state index in [4.69, 9.17) is 9.47 Å². The first-order valence-corrected chi connectivity index (χ1v) is 7.74. The highest BCUT2D eigenvalue weighted by Crippen LogP contribution is 2.49. The quantitative estimate of drug-likeness (QED) is 0.724. The Kier molecular flexibility index (Phi) is 1.92. The lowest BCUT2D eigenvalue weighted by Crippen LogP contribution is -2.30. The minimum Gasteiger partial charge on any atom is -0.486 e. The van der Waals surface area contributed by atoms with E-state index in [-0.39, 0.29) is 11.0 Å². The Morgan fingerprint density at radius 3 is 2.39 bits per heavy atom. The average molecular weight is 253 g/mol. The lowest BCUT2D eigenvalue weighted by Gasteiger charge is -2.23. The molecule has 0 N–H and O–H groups in total. The van der Waals surface area contributed by atoms with Crippen molar-refractivity contribution < 1.29 is 9.47 Å². The van der Waals surface area contributed by atoms with Crippen molar-refractivity contribution in [2.24, 2.45) is 0 Å². The van der Waals surface area contributed by atoms with Crippen molar-refractivity contribution in [3.05, 3.63) is 54.6 Å². The van der Waals surface area contributed by atoms with Crippen molar-refractivity contribution in [2.75, 3.05) is 0 Å². The molecule has 1 radical (unpaired) electrons. The van der Waals surface area contributed by atoms with Crippen LogP contribution in [0.3, 0.4) is 0 Å². The van der Waals surface area contributed by atoms with Crippen molar-refractivity contribution in [2.45, 2.75) is 17.9 Å². The Morgan fingerprint density at radius 2 is 1.61 bits per heavy atom. The molecule has 2 unspecified atom stereocenters. The second-order valence-electron chi connectivity index (χ2n) is 4.93. The number of fused-ring (bicyclic) bond motifs is 2. The first-order chi connectivity index (χ1) is 8.79. The highest BCUT2D eigenvalue weighted by molar-refractivity contribution is 6.87. The number of hydrogen-bond acceptors (Lipinski definition) is 2. The Hall–Kier alpha value is -1.74. The summed E-state index contributed by atoms with van der Waals surface area (Å²) in [5, 5.41) is 1.28. The molecule has 2 heterocycles. The molecular formula is C15H13O2Si. The van der Waals surface area contributed by atoms with Gasteiger partial charge in [-0.05, 0) is 19.1 Å².